The fraction of sp³-hybridized carbons (Fsp3) is 0. The van der Waals surface area contributed by atoms with Crippen molar-refractivity contribution in [2.24, 2.45) is 0 Å². The normalized spacial score (nSPS) is 11.1. The first-order valence-electron chi connectivity index (χ1n) is 9.97. The summed E-state index contributed by atoms with van der Waals surface area (Å²) in [6.07, 6.45) is 0. The van der Waals surface area contributed by atoms with E-state index in [9.17, 15) is 13.6 Å². The SMILES string of the molecule is O=c1cc(-c2ccc(Cl)cc2)[nH]c2c(-c3ccc(F)cc3)cc(-c3ccc(F)cc3)cc12. The number of H-pyrrole nitrogens is 1. The Bertz CT molecular complexity index is 1490. The van der Waals surface area contributed by atoms with Crippen LogP contribution in [0.2, 0.25) is 5.02 Å². The topological polar surface area (TPSA) is 32.9 Å². The van der Waals surface area contributed by atoms with Crippen LogP contribution >= 0.6 is 11.6 Å². The second-order valence-corrected chi connectivity index (χ2v) is 7.95. The zero-order chi connectivity index (χ0) is 22.2. The Hall–Kier alpha value is -3.76. The molecule has 1 N–H and O–H groups in total. The Labute approximate surface area is 187 Å². The van der Waals surface area contributed by atoms with Gasteiger partial charge in [-0.05, 0) is 70.8 Å². The van der Waals surface area contributed by atoms with Crippen molar-refractivity contribution in [1.29, 1.82) is 0 Å². The third kappa shape index (κ3) is 3.81. The van der Waals surface area contributed by atoms with E-state index >= 15 is 0 Å². The molecule has 1 aromatic heterocycles. The Morgan fingerprint density at radius 1 is 0.625 bits per heavy atom. The third-order valence-electron chi connectivity index (χ3n) is 5.43. The molecule has 2 nitrogen and oxygen atoms in total. The first kappa shape index (κ1) is 20.2. The van der Waals surface area contributed by atoms with Gasteiger partial charge in [0.2, 0.25) is 0 Å². The quantitative estimate of drug-likeness (QED) is 0.308. The van der Waals surface area contributed by atoms with Gasteiger partial charge < -0.3 is 4.98 Å². The fourth-order valence-corrected chi connectivity index (χ4v) is 3.93. The first-order valence-corrected chi connectivity index (χ1v) is 10.3. The molecule has 0 spiro atoms. The summed E-state index contributed by atoms with van der Waals surface area (Å²) in [5, 5.41) is 1.09. The van der Waals surface area contributed by atoms with Crippen molar-refractivity contribution in [3.8, 4) is 33.5 Å². The molecule has 0 aliphatic rings. The van der Waals surface area contributed by atoms with Gasteiger partial charge in [0.05, 0.1) is 5.52 Å². The molecule has 1 heterocycles. The number of rotatable bonds is 3. The molecule has 32 heavy (non-hydrogen) atoms. The minimum atomic E-state index is -0.344. The molecule has 0 saturated carbocycles. The number of aromatic nitrogens is 1. The predicted octanol–water partition coefficient (Wildman–Crippen LogP) is 7.46. The van der Waals surface area contributed by atoms with Crippen molar-refractivity contribution in [3.63, 3.8) is 0 Å². The van der Waals surface area contributed by atoms with Crippen molar-refractivity contribution < 1.29 is 8.78 Å². The highest BCUT2D eigenvalue weighted by atomic mass is 35.5. The molecular weight excluding hydrogens is 428 g/mol. The lowest BCUT2D eigenvalue weighted by Crippen LogP contribution is -2.04. The maximum absolute atomic E-state index is 13.6. The maximum atomic E-state index is 13.6. The Morgan fingerprint density at radius 2 is 1.19 bits per heavy atom. The summed E-state index contributed by atoms with van der Waals surface area (Å²) in [6, 6.07) is 24.7. The number of halogens is 3. The van der Waals surface area contributed by atoms with Crippen molar-refractivity contribution in [2.45, 2.75) is 0 Å². The molecule has 0 aliphatic carbocycles. The first-order chi connectivity index (χ1) is 15.5. The van der Waals surface area contributed by atoms with Crippen LogP contribution in [0, 0.1) is 11.6 Å². The van der Waals surface area contributed by atoms with E-state index in [1.807, 2.05) is 18.2 Å². The molecule has 5 aromatic rings. The Balaban J connectivity index is 1.80. The number of fused-ring (bicyclic) bond motifs is 1. The highest BCUT2D eigenvalue weighted by molar-refractivity contribution is 6.30. The van der Waals surface area contributed by atoms with E-state index < -0.39 is 0 Å². The zero-order valence-electron chi connectivity index (χ0n) is 16.7. The number of aromatic amines is 1. The maximum Gasteiger partial charge on any atom is 0.190 e. The van der Waals surface area contributed by atoms with Gasteiger partial charge in [-0.1, -0.05) is 48.0 Å². The minimum Gasteiger partial charge on any atom is -0.354 e. The summed E-state index contributed by atoms with van der Waals surface area (Å²) in [4.78, 5) is 16.5. The van der Waals surface area contributed by atoms with Crippen LogP contribution in [-0.2, 0) is 0 Å². The number of hydrogen-bond donors (Lipinski definition) is 1. The van der Waals surface area contributed by atoms with Crippen molar-refractivity contribution in [2.75, 3.05) is 0 Å². The third-order valence-corrected chi connectivity index (χ3v) is 5.68. The van der Waals surface area contributed by atoms with E-state index in [0.29, 0.717) is 21.6 Å². The molecule has 0 amide bonds. The molecular formula is C27H16ClF2NO. The summed E-state index contributed by atoms with van der Waals surface area (Å²) < 4.78 is 27.0. The van der Waals surface area contributed by atoms with E-state index in [1.165, 1.54) is 24.3 Å². The molecule has 0 unspecified atom stereocenters. The van der Waals surface area contributed by atoms with E-state index in [4.69, 9.17) is 11.6 Å². The number of hydrogen-bond acceptors (Lipinski definition) is 1. The zero-order valence-corrected chi connectivity index (χ0v) is 17.5. The van der Waals surface area contributed by atoms with Crippen molar-refractivity contribution >= 4 is 22.5 Å². The molecule has 0 radical (unpaired) electrons. The van der Waals surface area contributed by atoms with Crippen LogP contribution in [0.3, 0.4) is 0 Å². The molecule has 4 aromatic carbocycles. The van der Waals surface area contributed by atoms with Gasteiger partial charge >= 0.3 is 0 Å². The minimum absolute atomic E-state index is 0.156. The van der Waals surface area contributed by atoms with Gasteiger partial charge in [0.1, 0.15) is 11.6 Å². The standard InChI is InChI=1S/C27H16ClF2NO/c28-20-7-1-18(2-8-20)25-15-26(32)24-14-19(16-3-9-21(29)10-4-16)13-23(27(24)31-25)17-5-11-22(30)12-6-17/h1-15H,(H,31,32). The van der Waals surface area contributed by atoms with Gasteiger partial charge in [0, 0.05) is 27.7 Å². The fourth-order valence-electron chi connectivity index (χ4n) is 3.80. The summed E-state index contributed by atoms with van der Waals surface area (Å²) in [6.45, 7) is 0. The molecule has 0 atom stereocenters. The highest BCUT2D eigenvalue weighted by Gasteiger charge is 2.13. The Morgan fingerprint density at radius 3 is 1.81 bits per heavy atom. The van der Waals surface area contributed by atoms with E-state index in [-0.39, 0.29) is 17.1 Å². The van der Waals surface area contributed by atoms with Crippen molar-refractivity contribution in [1.82, 2.24) is 4.98 Å². The lowest BCUT2D eigenvalue weighted by molar-refractivity contribution is 0.627. The van der Waals surface area contributed by atoms with Gasteiger partial charge in [0.15, 0.2) is 5.43 Å². The second kappa shape index (κ2) is 8.06. The van der Waals surface area contributed by atoms with Crippen LogP contribution in [0.4, 0.5) is 8.78 Å². The van der Waals surface area contributed by atoms with Crippen LogP contribution in [0.15, 0.2) is 95.8 Å². The van der Waals surface area contributed by atoms with Crippen molar-refractivity contribution in [3.05, 3.63) is 118 Å². The van der Waals surface area contributed by atoms with Crippen LogP contribution in [0.1, 0.15) is 0 Å². The molecule has 0 bridgehead atoms. The van der Waals surface area contributed by atoms with Gasteiger partial charge in [-0.15, -0.1) is 0 Å². The van der Waals surface area contributed by atoms with E-state index in [0.717, 1.165) is 27.8 Å². The molecule has 5 heteroatoms. The average Bonchev–Trinajstić information content (AvgIpc) is 2.80. The van der Waals surface area contributed by atoms with E-state index in [2.05, 4.69) is 4.98 Å². The summed E-state index contributed by atoms with van der Waals surface area (Å²) in [5.74, 6) is -0.679. The molecule has 5 rings (SSSR count). The number of nitrogens with one attached hydrogen (secondary N) is 1. The van der Waals surface area contributed by atoms with Crippen LogP contribution in [0.5, 0.6) is 0 Å². The number of benzene rings is 4. The van der Waals surface area contributed by atoms with Gasteiger partial charge in [-0.3, -0.25) is 4.79 Å². The second-order valence-electron chi connectivity index (χ2n) is 7.51. The molecule has 0 saturated heterocycles. The molecule has 0 aliphatic heterocycles. The van der Waals surface area contributed by atoms with E-state index in [1.54, 1.807) is 48.5 Å². The van der Waals surface area contributed by atoms with Gasteiger partial charge in [-0.2, -0.15) is 0 Å². The lowest BCUT2D eigenvalue weighted by Gasteiger charge is -2.13. The molecule has 0 fully saturated rings. The van der Waals surface area contributed by atoms with Crippen LogP contribution in [-0.4, -0.2) is 4.98 Å². The van der Waals surface area contributed by atoms with Gasteiger partial charge in [-0.25, -0.2) is 8.78 Å². The summed E-state index contributed by atoms with van der Waals surface area (Å²) >= 11 is 6.00. The predicted molar refractivity (Wildman–Crippen MR) is 126 cm³/mol. The lowest BCUT2D eigenvalue weighted by atomic mass is 9.95. The van der Waals surface area contributed by atoms with Crippen LogP contribution < -0.4 is 5.43 Å². The average molecular weight is 444 g/mol. The van der Waals surface area contributed by atoms with Crippen LogP contribution in [0.25, 0.3) is 44.4 Å². The summed E-state index contributed by atoms with van der Waals surface area (Å²) in [5.41, 5.74) is 4.99. The monoisotopic (exact) mass is 443 g/mol. The highest BCUT2D eigenvalue weighted by Crippen LogP contribution is 2.33. The van der Waals surface area contributed by atoms with Gasteiger partial charge in [0.25, 0.3) is 0 Å². The Kier molecular flexibility index (Phi) is 5.08. The summed E-state index contributed by atoms with van der Waals surface area (Å²) in [7, 11) is 0. The molecule has 156 valence electrons. The largest absolute Gasteiger partial charge is 0.354 e. The smallest absolute Gasteiger partial charge is 0.190 e. The number of pyridine rings is 1.